The highest BCUT2D eigenvalue weighted by Crippen LogP contribution is 2.09. The van der Waals surface area contributed by atoms with Crippen LogP contribution in [-0.4, -0.2) is 16.3 Å². The van der Waals surface area contributed by atoms with Crippen LogP contribution in [0.3, 0.4) is 0 Å². The van der Waals surface area contributed by atoms with Gasteiger partial charge in [0.2, 0.25) is 0 Å². The zero-order valence-corrected chi connectivity index (χ0v) is 10.6. The Morgan fingerprint density at radius 3 is 2.68 bits per heavy atom. The van der Waals surface area contributed by atoms with Gasteiger partial charge in [-0.3, -0.25) is 4.79 Å². The summed E-state index contributed by atoms with van der Waals surface area (Å²) < 4.78 is 9.60. The number of carbonyl (C=O) groups is 1. The maximum atomic E-state index is 11.6. The fourth-order valence-electron chi connectivity index (χ4n) is 1.53. The third-order valence-corrected chi connectivity index (χ3v) is 2.71. The first kappa shape index (κ1) is 13.1. The molecule has 1 heterocycles. The van der Waals surface area contributed by atoms with Gasteiger partial charge in [0.1, 0.15) is 18.0 Å². The number of aryl methyl sites for hydroxylation is 2. The number of anilines is 1. The second-order valence-corrected chi connectivity index (χ2v) is 4.20. The number of rotatable bonds is 5. The highest BCUT2D eigenvalue weighted by molar-refractivity contribution is 5.69. The van der Waals surface area contributed by atoms with Crippen molar-refractivity contribution in [1.82, 2.24) is 10.3 Å². The van der Waals surface area contributed by atoms with E-state index in [9.17, 15) is 4.79 Å². The lowest BCUT2D eigenvalue weighted by atomic mass is 10.1. The van der Waals surface area contributed by atoms with E-state index in [0.717, 1.165) is 5.56 Å². The van der Waals surface area contributed by atoms with Crippen LogP contribution in [0.25, 0.3) is 0 Å². The zero-order valence-electron chi connectivity index (χ0n) is 10.6. The Balaban J connectivity index is 1.76. The molecule has 0 spiro atoms. The molecule has 1 aromatic carbocycles. The summed E-state index contributed by atoms with van der Waals surface area (Å²) in [7, 11) is 0. The quantitative estimate of drug-likeness (QED) is 0.649. The molecule has 100 valence electrons. The molecule has 19 heavy (non-hydrogen) atoms. The maximum absolute atomic E-state index is 11.6. The Hall–Kier alpha value is -2.37. The molecule has 0 radical (unpaired) electrons. The van der Waals surface area contributed by atoms with E-state index in [1.54, 1.807) is 6.92 Å². The number of hydrogen-bond acceptors (Lipinski definition) is 6. The number of nitrogens with two attached hydrogens (primary N) is 1. The molecule has 0 unspecified atom stereocenters. The third-order valence-electron chi connectivity index (χ3n) is 2.71. The van der Waals surface area contributed by atoms with Crippen LogP contribution in [0.1, 0.15) is 23.4 Å². The van der Waals surface area contributed by atoms with Crippen LogP contribution in [0.5, 0.6) is 0 Å². The average Bonchev–Trinajstić information content (AvgIpc) is 2.81. The van der Waals surface area contributed by atoms with E-state index in [-0.39, 0.29) is 12.6 Å². The second-order valence-electron chi connectivity index (χ2n) is 4.20. The monoisotopic (exact) mass is 261 g/mol. The Morgan fingerprint density at radius 2 is 2.05 bits per heavy atom. The third kappa shape index (κ3) is 3.80. The average molecular weight is 261 g/mol. The maximum Gasteiger partial charge on any atom is 0.306 e. The van der Waals surface area contributed by atoms with E-state index in [1.807, 2.05) is 24.3 Å². The van der Waals surface area contributed by atoms with Crippen LogP contribution in [0.2, 0.25) is 0 Å². The van der Waals surface area contributed by atoms with Crippen molar-refractivity contribution in [2.24, 2.45) is 0 Å². The van der Waals surface area contributed by atoms with Crippen molar-refractivity contribution in [2.75, 3.05) is 5.73 Å². The van der Waals surface area contributed by atoms with Gasteiger partial charge in [0, 0.05) is 12.1 Å². The van der Waals surface area contributed by atoms with Gasteiger partial charge in [0.25, 0.3) is 0 Å². The van der Waals surface area contributed by atoms with Crippen LogP contribution in [0.15, 0.2) is 28.9 Å². The van der Waals surface area contributed by atoms with Crippen LogP contribution >= 0.6 is 0 Å². The lowest BCUT2D eigenvalue weighted by Gasteiger charge is -2.03. The van der Waals surface area contributed by atoms with Crippen molar-refractivity contribution in [2.45, 2.75) is 26.4 Å². The first-order valence-electron chi connectivity index (χ1n) is 5.93. The van der Waals surface area contributed by atoms with E-state index < -0.39 is 0 Å². The SMILES string of the molecule is Cc1nonc1COC(=O)CCc1ccc(N)cc1. The molecule has 0 atom stereocenters. The molecule has 0 bridgehead atoms. The molecule has 6 nitrogen and oxygen atoms in total. The largest absolute Gasteiger partial charge is 0.459 e. The molecule has 1 aromatic heterocycles. The minimum Gasteiger partial charge on any atom is -0.459 e. The van der Waals surface area contributed by atoms with E-state index in [0.29, 0.717) is 29.9 Å². The predicted molar refractivity (Wildman–Crippen MR) is 68.0 cm³/mol. The molecule has 0 aliphatic heterocycles. The van der Waals surface area contributed by atoms with Crippen molar-refractivity contribution in [1.29, 1.82) is 0 Å². The van der Waals surface area contributed by atoms with E-state index in [1.165, 1.54) is 0 Å². The van der Waals surface area contributed by atoms with Crippen molar-refractivity contribution in [3.05, 3.63) is 41.2 Å². The van der Waals surface area contributed by atoms with E-state index >= 15 is 0 Å². The summed E-state index contributed by atoms with van der Waals surface area (Å²) in [6.45, 7) is 1.84. The Bertz CT molecular complexity index is 549. The molecular weight excluding hydrogens is 246 g/mol. The second kappa shape index (κ2) is 5.99. The number of aromatic nitrogens is 2. The fourth-order valence-corrected chi connectivity index (χ4v) is 1.53. The molecular formula is C13H15N3O3. The van der Waals surface area contributed by atoms with Gasteiger partial charge in [-0.1, -0.05) is 22.4 Å². The van der Waals surface area contributed by atoms with Gasteiger partial charge >= 0.3 is 5.97 Å². The predicted octanol–water partition coefficient (Wildman–Crippen LogP) is 1.64. The number of ether oxygens (including phenoxy) is 1. The van der Waals surface area contributed by atoms with Crippen LogP contribution < -0.4 is 5.73 Å². The summed E-state index contributed by atoms with van der Waals surface area (Å²) in [6, 6.07) is 7.42. The minimum atomic E-state index is -0.278. The fraction of sp³-hybridized carbons (Fsp3) is 0.308. The standard InChI is InChI=1S/C13H15N3O3/c1-9-12(16-19-15-9)8-18-13(17)7-4-10-2-5-11(14)6-3-10/h2-3,5-6H,4,7-8,14H2,1H3. The van der Waals surface area contributed by atoms with Crippen LogP contribution in [0.4, 0.5) is 5.69 Å². The van der Waals surface area contributed by atoms with Crippen molar-refractivity contribution < 1.29 is 14.2 Å². The molecule has 2 rings (SSSR count). The Morgan fingerprint density at radius 1 is 1.32 bits per heavy atom. The lowest BCUT2D eigenvalue weighted by molar-refractivity contribution is -0.145. The first-order chi connectivity index (χ1) is 9.15. The minimum absolute atomic E-state index is 0.0932. The number of benzene rings is 1. The van der Waals surface area contributed by atoms with E-state index in [4.69, 9.17) is 10.5 Å². The van der Waals surface area contributed by atoms with Gasteiger partial charge in [0.05, 0.1) is 0 Å². The Labute approximate surface area is 110 Å². The van der Waals surface area contributed by atoms with Gasteiger partial charge in [0.15, 0.2) is 0 Å². The number of hydrogen-bond donors (Lipinski definition) is 1. The summed E-state index contributed by atoms with van der Waals surface area (Å²) >= 11 is 0. The number of nitrogen functional groups attached to an aromatic ring is 1. The summed E-state index contributed by atoms with van der Waals surface area (Å²) in [6.07, 6.45) is 0.934. The van der Waals surface area contributed by atoms with Gasteiger partial charge in [-0.25, -0.2) is 4.63 Å². The molecule has 0 saturated carbocycles. The first-order valence-corrected chi connectivity index (χ1v) is 5.93. The highest BCUT2D eigenvalue weighted by Gasteiger charge is 2.09. The molecule has 0 aliphatic carbocycles. The molecule has 6 heteroatoms. The smallest absolute Gasteiger partial charge is 0.306 e. The summed E-state index contributed by atoms with van der Waals surface area (Å²) in [5.74, 6) is -0.278. The number of esters is 1. The zero-order chi connectivity index (χ0) is 13.7. The highest BCUT2D eigenvalue weighted by atomic mass is 16.6. The topological polar surface area (TPSA) is 91.2 Å². The normalized spacial score (nSPS) is 10.4. The van der Waals surface area contributed by atoms with Gasteiger partial charge in [-0.05, 0) is 31.0 Å². The Kier molecular flexibility index (Phi) is 4.12. The molecule has 0 amide bonds. The van der Waals surface area contributed by atoms with Crippen LogP contribution in [0, 0.1) is 6.92 Å². The number of nitrogens with zero attached hydrogens (tertiary/aromatic N) is 2. The van der Waals surface area contributed by atoms with Gasteiger partial charge in [-0.2, -0.15) is 0 Å². The molecule has 0 saturated heterocycles. The van der Waals surface area contributed by atoms with Crippen LogP contribution in [-0.2, 0) is 22.6 Å². The molecule has 0 aliphatic rings. The van der Waals surface area contributed by atoms with Crippen molar-refractivity contribution in [3.63, 3.8) is 0 Å². The van der Waals surface area contributed by atoms with Crippen molar-refractivity contribution in [3.8, 4) is 0 Å². The van der Waals surface area contributed by atoms with E-state index in [2.05, 4.69) is 14.9 Å². The summed E-state index contributed by atoms with van der Waals surface area (Å²) in [5, 5.41) is 7.25. The number of carbonyl (C=O) groups excluding carboxylic acids is 1. The molecule has 2 aromatic rings. The van der Waals surface area contributed by atoms with Gasteiger partial charge < -0.3 is 10.5 Å². The summed E-state index contributed by atoms with van der Waals surface area (Å²) in [5.41, 5.74) is 8.51. The van der Waals surface area contributed by atoms with Gasteiger partial charge in [-0.15, -0.1) is 0 Å². The molecule has 2 N–H and O–H groups in total. The lowest BCUT2D eigenvalue weighted by Crippen LogP contribution is -2.06. The molecule has 0 fully saturated rings. The van der Waals surface area contributed by atoms with Crippen molar-refractivity contribution >= 4 is 11.7 Å². The summed E-state index contributed by atoms with van der Waals surface area (Å²) in [4.78, 5) is 11.6.